The standard InChI is InChI=1S/C24H30N6O/c1-15-12-25-10-9-20(15)21-13-26-19(5)27-24(21)22-8-6-7-11-29(22)23(31)14-30-18(4)16(2)17(3)28-30/h9-10,12-13,22H,6-8,11,14H2,1-5H3. The molecule has 7 nitrogen and oxygen atoms in total. The van der Waals surface area contributed by atoms with Gasteiger partial charge in [0.2, 0.25) is 5.91 Å². The lowest BCUT2D eigenvalue weighted by Gasteiger charge is -2.36. The monoisotopic (exact) mass is 418 g/mol. The highest BCUT2D eigenvalue weighted by atomic mass is 16.2. The van der Waals surface area contributed by atoms with Crippen molar-refractivity contribution in [2.75, 3.05) is 6.54 Å². The number of hydrogen-bond donors (Lipinski definition) is 0. The smallest absolute Gasteiger partial charge is 0.244 e. The van der Waals surface area contributed by atoms with Crippen molar-refractivity contribution in [3.63, 3.8) is 0 Å². The summed E-state index contributed by atoms with van der Waals surface area (Å²) in [6.07, 6.45) is 8.52. The van der Waals surface area contributed by atoms with Crippen LogP contribution in [0, 0.1) is 34.6 Å². The topological polar surface area (TPSA) is 76.8 Å². The quantitative estimate of drug-likeness (QED) is 0.639. The zero-order valence-electron chi connectivity index (χ0n) is 19.0. The number of carbonyl (C=O) groups excluding carboxylic acids is 1. The first-order valence-corrected chi connectivity index (χ1v) is 10.9. The van der Waals surface area contributed by atoms with E-state index in [0.29, 0.717) is 0 Å². The molecule has 1 aliphatic heterocycles. The normalized spacial score (nSPS) is 16.5. The molecule has 0 aliphatic carbocycles. The van der Waals surface area contributed by atoms with Crippen molar-refractivity contribution < 1.29 is 4.79 Å². The molecule has 0 radical (unpaired) electrons. The van der Waals surface area contributed by atoms with Gasteiger partial charge in [-0.1, -0.05) is 0 Å². The predicted octanol–water partition coefficient (Wildman–Crippen LogP) is 4.03. The molecule has 31 heavy (non-hydrogen) atoms. The number of rotatable bonds is 4. The largest absolute Gasteiger partial charge is 0.332 e. The molecule has 0 saturated carbocycles. The number of likely N-dealkylation sites (tertiary alicyclic amines) is 1. The minimum absolute atomic E-state index is 0.0661. The van der Waals surface area contributed by atoms with Crippen LogP contribution in [0.25, 0.3) is 11.1 Å². The van der Waals surface area contributed by atoms with E-state index in [2.05, 4.69) is 22.0 Å². The lowest BCUT2D eigenvalue weighted by atomic mass is 9.92. The number of pyridine rings is 1. The van der Waals surface area contributed by atoms with Crippen LogP contribution in [0.3, 0.4) is 0 Å². The second kappa shape index (κ2) is 8.57. The van der Waals surface area contributed by atoms with Gasteiger partial charge in [0.05, 0.1) is 17.4 Å². The molecule has 0 spiro atoms. The van der Waals surface area contributed by atoms with Gasteiger partial charge in [-0.05, 0) is 76.6 Å². The van der Waals surface area contributed by atoms with Gasteiger partial charge in [-0.3, -0.25) is 14.5 Å². The van der Waals surface area contributed by atoms with Gasteiger partial charge in [0.25, 0.3) is 0 Å². The Bertz CT molecular complexity index is 1120. The lowest BCUT2D eigenvalue weighted by molar-refractivity contribution is -0.136. The van der Waals surface area contributed by atoms with Gasteiger partial charge in [-0.15, -0.1) is 0 Å². The van der Waals surface area contributed by atoms with Gasteiger partial charge in [-0.25, -0.2) is 9.97 Å². The number of carbonyl (C=O) groups is 1. The Morgan fingerprint density at radius 1 is 1.10 bits per heavy atom. The van der Waals surface area contributed by atoms with Gasteiger partial charge in [0, 0.05) is 36.4 Å². The molecular weight excluding hydrogens is 388 g/mol. The molecule has 4 rings (SSSR count). The fraction of sp³-hybridized carbons (Fsp3) is 0.458. The summed E-state index contributed by atoms with van der Waals surface area (Å²) in [6.45, 7) is 11.0. The molecule has 1 unspecified atom stereocenters. The Kier molecular flexibility index (Phi) is 5.85. The Morgan fingerprint density at radius 3 is 2.61 bits per heavy atom. The highest BCUT2D eigenvalue weighted by Gasteiger charge is 2.32. The van der Waals surface area contributed by atoms with Crippen LogP contribution in [0.2, 0.25) is 0 Å². The molecule has 1 saturated heterocycles. The summed E-state index contributed by atoms with van der Waals surface area (Å²) in [5.41, 5.74) is 7.22. The number of piperidine rings is 1. The van der Waals surface area contributed by atoms with Gasteiger partial charge < -0.3 is 4.90 Å². The summed E-state index contributed by atoms with van der Waals surface area (Å²) in [6, 6.07) is 1.93. The second-order valence-corrected chi connectivity index (χ2v) is 8.46. The maximum Gasteiger partial charge on any atom is 0.244 e. The first-order valence-electron chi connectivity index (χ1n) is 10.9. The Hall–Kier alpha value is -3.09. The Morgan fingerprint density at radius 2 is 1.90 bits per heavy atom. The minimum atomic E-state index is -0.0661. The first kappa shape index (κ1) is 21.2. The SMILES string of the molecule is Cc1ncc(-c2ccncc2C)c(C2CCCCN2C(=O)Cn2nc(C)c(C)c2C)n1. The van der Waals surface area contributed by atoms with E-state index >= 15 is 0 Å². The fourth-order valence-electron chi connectivity index (χ4n) is 4.40. The molecule has 0 N–H and O–H groups in total. The molecule has 162 valence electrons. The van der Waals surface area contributed by atoms with Crippen molar-refractivity contribution in [1.82, 2.24) is 29.6 Å². The number of hydrogen-bond acceptors (Lipinski definition) is 5. The number of nitrogens with zero attached hydrogens (tertiary/aromatic N) is 6. The summed E-state index contributed by atoms with van der Waals surface area (Å²) in [4.78, 5) is 29.0. The van der Waals surface area contributed by atoms with Crippen molar-refractivity contribution in [2.45, 2.75) is 66.5 Å². The van der Waals surface area contributed by atoms with Crippen LogP contribution in [0.4, 0.5) is 0 Å². The fourth-order valence-corrected chi connectivity index (χ4v) is 4.40. The molecule has 4 heterocycles. The van der Waals surface area contributed by atoms with Gasteiger partial charge in [0.1, 0.15) is 12.4 Å². The molecule has 0 bridgehead atoms. The predicted molar refractivity (Wildman–Crippen MR) is 119 cm³/mol. The van der Waals surface area contributed by atoms with Crippen LogP contribution in [0.1, 0.15) is 59.3 Å². The summed E-state index contributed by atoms with van der Waals surface area (Å²) in [5.74, 6) is 0.807. The molecule has 1 aliphatic rings. The summed E-state index contributed by atoms with van der Waals surface area (Å²) < 4.78 is 1.83. The van der Waals surface area contributed by atoms with E-state index in [9.17, 15) is 4.79 Å². The maximum absolute atomic E-state index is 13.4. The van der Waals surface area contributed by atoms with E-state index in [-0.39, 0.29) is 18.5 Å². The number of amides is 1. The lowest BCUT2D eigenvalue weighted by Crippen LogP contribution is -2.41. The zero-order chi connectivity index (χ0) is 22.1. The van der Waals surface area contributed by atoms with E-state index in [4.69, 9.17) is 4.98 Å². The average Bonchev–Trinajstić information content (AvgIpc) is 3.00. The maximum atomic E-state index is 13.4. The number of aromatic nitrogens is 5. The molecule has 3 aromatic rings. The van der Waals surface area contributed by atoms with Crippen LogP contribution >= 0.6 is 0 Å². The summed E-state index contributed by atoms with van der Waals surface area (Å²) in [7, 11) is 0. The molecule has 1 fully saturated rings. The summed E-state index contributed by atoms with van der Waals surface area (Å²) >= 11 is 0. The summed E-state index contributed by atoms with van der Waals surface area (Å²) in [5, 5.41) is 4.57. The van der Waals surface area contributed by atoms with Gasteiger partial charge in [-0.2, -0.15) is 5.10 Å². The molecule has 1 amide bonds. The minimum Gasteiger partial charge on any atom is -0.332 e. The van der Waals surface area contributed by atoms with Crippen molar-refractivity contribution in [2.24, 2.45) is 0 Å². The van der Waals surface area contributed by atoms with Crippen molar-refractivity contribution in [1.29, 1.82) is 0 Å². The van der Waals surface area contributed by atoms with Crippen LogP contribution in [0.5, 0.6) is 0 Å². The zero-order valence-corrected chi connectivity index (χ0v) is 19.0. The third-order valence-corrected chi connectivity index (χ3v) is 6.42. The van der Waals surface area contributed by atoms with Crippen LogP contribution < -0.4 is 0 Å². The molecule has 7 heteroatoms. The Labute approximate surface area is 183 Å². The van der Waals surface area contributed by atoms with Crippen LogP contribution in [-0.2, 0) is 11.3 Å². The van der Waals surface area contributed by atoms with Crippen molar-refractivity contribution in [3.8, 4) is 11.1 Å². The third-order valence-electron chi connectivity index (χ3n) is 6.42. The van der Waals surface area contributed by atoms with Crippen molar-refractivity contribution >= 4 is 5.91 Å². The second-order valence-electron chi connectivity index (χ2n) is 8.46. The van der Waals surface area contributed by atoms with Gasteiger partial charge >= 0.3 is 0 Å². The van der Waals surface area contributed by atoms with E-state index in [1.54, 1.807) is 6.20 Å². The van der Waals surface area contributed by atoms with E-state index in [0.717, 1.165) is 71.0 Å². The third kappa shape index (κ3) is 4.09. The highest BCUT2D eigenvalue weighted by molar-refractivity contribution is 5.77. The molecule has 0 aromatic carbocycles. The first-order chi connectivity index (χ1) is 14.9. The van der Waals surface area contributed by atoms with Gasteiger partial charge in [0.15, 0.2) is 0 Å². The van der Waals surface area contributed by atoms with Crippen molar-refractivity contribution in [3.05, 3.63) is 58.7 Å². The molecule has 1 atom stereocenters. The van der Waals surface area contributed by atoms with E-state index in [1.807, 2.05) is 55.7 Å². The highest BCUT2D eigenvalue weighted by Crippen LogP contribution is 2.36. The van der Waals surface area contributed by atoms with E-state index in [1.165, 1.54) is 0 Å². The van der Waals surface area contributed by atoms with E-state index < -0.39 is 0 Å². The average molecular weight is 419 g/mol. The Balaban J connectivity index is 1.71. The molecule has 3 aromatic heterocycles. The van der Waals surface area contributed by atoms with Crippen LogP contribution in [0.15, 0.2) is 24.7 Å². The van der Waals surface area contributed by atoms with Crippen LogP contribution in [-0.4, -0.2) is 42.1 Å². The molecular formula is C24H30N6O. The number of aryl methyl sites for hydroxylation is 3.